The summed E-state index contributed by atoms with van der Waals surface area (Å²) in [5.74, 6) is -0.191. The van der Waals surface area contributed by atoms with Gasteiger partial charge >= 0.3 is 5.97 Å². The Morgan fingerprint density at radius 2 is 2.04 bits per heavy atom. The van der Waals surface area contributed by atoms with Crippen LogP contribution in [0.15, 0.2) is 12.1 Å². The molecule has 26 heavy (non-hydrogen) atoms. The first kappa shape index (κ1) is 20.2. The van der Waals surface area contributed by atoms with E-state index in [2.05, 4.69) is 5.32 Å². The molecule has 1 unspecified atom stereocenters. The van der Waals surface area contributed by atoms with Crippen LogP contribution in [-0.2, 0) is 14.3 Å². The molecule has 7 heteroatoms. The van der Waals surface area contributed by atoms with Gasteiger partial charge in [0.1, 0.15) is 5.75 Å². The topological polar surface area (TPSA) is 94.1 Å². The van der Waals surface area contributed by atoms with Gasteiger partial charge in [0.2, 0.25) is 0 Å². The van der Waals surface area contributed by atoms with E-state index in [1.165, 1.54) is 0 Å². The minimum Gasteiger partial charge on any atom is -0.481 e. The Morgan fingerprint density at radius 3 is 2.65 bits per heavy atom. The second-order valence-electron chi connectivity index (χ2n) is 6.54. The zero-order valence-corrected chi connectivity index (χ0v) is 15.4. The van der Waals surface area contributed by atoms with Crippen LogP contribution in [0.25, 0.3) is 0 Å². The summed E-state index contributed by atoms with van der Waals surface area (Å²) in [6.07, 6.45) is 1.80. The summed E-state index contributed by atoms with van der Waals surface area (Å²) in [6.45, 7) is 6.64. The van der Waals surface area contributed by atoms with Crippen molar-refractivity contribution in [1.29, 1.82) is 0 Å². The number of carbonyl (C=O) groups excluding carboxylic acids is 1. The van der Waals surface area contributed by atoms with Gasteiger partial charge in [-0.05, 0) is 49.9 Å². The summed E-state index contributed by atoms with van der Waals surface area (Å²) in [5.41, 5.74) is 2.00. The van der Waals surface area contributed by atoms with Gasteiger partial charge in [-0.15, -0.1) is 0 Å². The third kappa shape index (κ3) is 6.31. The van der Waals surface area contributed by atoms with Gasteiger partial charge in [0.25, 0.3) is 5.91 Å². The summed E-state index contributed by atoms with van der Waals surface area (Å²) in [6, 6.07) is 3.41. The highest BCUT2D eigenvalue weighted by molar-refractivity contribution is 5.94. The summed E-state index contributed by atoms with van der Waals surface area (Å²) in [7, 11) is 0. The molecule has 1 amide bonds. The van der Waals surface area contributed by atoms with E-state index < -0.39 is 12.6 Å². The van der Waals surface area contributed by atoms with Crippen molar-refractivity contribution in [3.63, 3.8) is 0 Å². The molecule has 2 rings (SSSR count). The average molecular weight is 365 g/mol. The van der Waals surface area contributed by atoms with Crippen molar-refractivity contribution in [2.45, 2.75) is 26.7 Å². The molecule has 0 aliphatic carbocycles. The number of hydrogen-bond acceptors (Lipinski definition) is 5. The summed E-state index contributed by atoms with van der Waals surface area (Å²) >= 11 is 0. The molecule has 1 saturated heterocycles. The summed E-state index contributed by atoms with van der Waals surface area (Å²) < 4.78 is 16.2. The zero-order valence-electron chi connectivity index (χ0n) is 15.4. The van der Waals surface area contributed by atoms with Gasteiger partial charge in [0.15, 0.2) is 6.61 Å². The van der Waals surface area contributed by atoms with Crippen LogP contribution in [0, 0.1) is 19.8 Å². The highest BCUT2D eigenvalue weighted by Crippen LogP contribution is 2.24. The van der Waals surface area contributed by atoms with Gasteiger partial charge in [-0.25, -0.2) is 4.79 Å². The fourth-order valence-electron chi connectivity index (χ4n) is 2.89. The molecule has 1 heterocycles. The van der Waals surface area contributed by atoms with Crippen LogP contribution >= 0.6 is 0 Å². The Morgan fingerprint density at radius 1 is 1.31 bits per heavy atom. The quantitative estimate of drug-likeness (QED) is 0.616. The van der Waals surface area contributed by atoms with Crippen LogP contribution in [0.1, 0.15) is 34.3 Å². The average Bonchev–Trinajstić information content (AvgIpc) is 3.10. The minimum atomic E-state index is -1.03. The fourth-order valence-corrected chi connectivity index (χ4v) is 2.89. The molecule has 1 atom stereocenters. The lowest BCUT2D eigenvalue weighted by molar-refractivity contribution is -0.139. The number of rotatable bonds is 10. The smallest absolute Gasteiger partial charge is 0.341 e. The molecule has 1 aromatic carbocycles. The van der Waals surface area contributed by atoms with Crippen LogP contribution in [0.4, 0.5) is 0 Å². The molecule has 0 radical (unpaired) electrons. The highest BCUT2D eigenvalue weighted by atomic mass is 16.5. The molecule has 1 aliphatic heterocycles. The van der Waals surface area contributed by atoms with E-state index >= 15 is 0 Å². The number of hydrogen-bond donors (Lipinski definition) is 2. The van der Waals surface area contributed by atoms with Gasteiger partial charge in [0, 0.05) is 31.2 Å². The number of carbonyl (C=O) groups is 2. The van der Waals surface area contributed by atoms with E-state index in [-0.39, 0.29) is 5.91 Å². The van der Waals surface area contributed by atoms with E-state index in [0.29, 0.717) is 37.0 Å². The molecule has 2 N–H and O–H groups in total. The summed E-state index contributed by atoms with van der Waals surface area (Å²) in [5, 5.41) is 11.6. The lowest BCUT2D eigenvalue weighted by Crippen LogP contribution is -2.25. The Labute approximate surface area is 153 Å². The standard InChI is InChI=1S/C19H27NO6/c1-13-8-16(9-14(2)18(13)26-12-17(21)22)19(23)20-5-3-6-24-10-15-4-7-25-11-15/h8-9,15H,3-7,10-12H2,1-2H3,(H,20,23)(H,21,22). The molecule has 0 bridgehead atoms. The molecule has 0 aromatic heterocycles. The normalized spacial score (nSPS) is 16.5. The minimum absolute atomic E-state index is 0.162. The molecular weight excluding hydrogens is 338 g/mol. The SMILES string of the molecule is Cc1cc(C(=O)NCCCOCC2CCOC2)cc(C)c1OCC(=O)O. The Bertz CT molecular complexity index is 601. The predicted molar refractivity (Wildman–Crippen MR) is 95.7 cm³/mol. The van der Waals surface area contributed by atoms with Crippen LogP contribution < -0.4 is 10.1 Å². The number of carboxylic acid groups (broad SMARTS) is 1. The van der Waals surface area contributed by atoms with Crippen LogP contribution in [0.5, 0.6) is 5.75 Å². The Hall–Kier alpha value is -2.12. The third-order valence-corrected chi connectivity index (χ3v) is 4.19. The second kappa shape index (κ2) is 10.1. The first-order valence-corrected chi connectivity index (χ1v) is 8.87. The lowest BCUT2D eigenvalue weighted by atomic mass is 10.1. The number of carboxylic acids is 1. The molecule has 1 fully saturated rings. The predicted octanol–water partition coefficient (Wildman–Crippen LogP) is 1.94. The monoisotopic (exact) mass is 365 g/mol. The maximum Gasteiger partial charge on any atom is 0.341 e. The maximum absolute atomic E-state index is 12.3. The number of aryl methyl sites for hydroxylation is 2. The molecule has 7 nitrogen and oxygen atoms in total. The van der Waals surface area contributed by atoms with E-state index in [1.54, 1.807) is 26.0 Å². The van der Waals surface area contributed by atoms with Crippen molar-refractivity contribution in [2.75, 3.05) is 39.6 Å². The van der Waals surface area contributed by atoms with Gasteiger partial charge in [-0.3, -0.25) is 4.79 Å². The van der Waals surface area contributed by atoms with Gasteiger partial charge in [-0.2, -0.15) is 0 Å². The maximum atomic E-state index is 12.3. The number of benzene rings is 1. The molecular formula is C19H27NO6. The van der Waals surface area contributed by atoms with Crippen molar-refractivity contribution in [3.05, 3.63) is 28.8 Å². The lowest BCUT2D eigenvalue weighted by Gasteiger charge is -2.13. The van der Waals surface area contributed by atoms with Crippen molar-refractivity contribution in [1.82, 2.24) is 5.32 Å². The molecule has 1 aliphatic rings. The van der Waals surface area contributed by atoms with Gasteiger partial charge in [0.05, 0.1) is 13.2 Å². The van der Waals surface area contributed by atoms with E-state index in [1.807, 2.05) is 0 Å². The van der Waals surface area contributed by atoms with Crippen molar-refractivity contribution < 1.29 is 28.9 Å². The molecule has 144 valence electrons. The van der Waals surface area contributed by atoms with Gasteiger partial charge < -0.3 is 24.6 Å². The fraction of sp³-hybridized carbons (Fsp3) is 0.579. The van der Waals surface area contributed by atoms with Crippen molar-refractivity contribution in [2.24, 2.45) is 5.92 Å². The van der Waals surface area contributed by atoms with Crippen molar-refractivity contribution >= 4 is 11.9 Å². The Kier molecular flexibility index (Phi) is 7.87. The van der Waals surface area contributed by atoms with Crippen LogP contribution in [0.2, 0.25) is 0 Å². The van der Waals surface area contributed by atoms with Crippen LogP contribution in [-0.4, -0.2) is 56.6 Å². The molecule has 1 aromatic rings. The molecule has 0 saturated carbocycles. The third-order valence-electron chi connectivity index (χ3n) is 4.19. The first-order valence-electron chi connectivity index (χ1n) is 8.87. The second-order valence-corrected chi connectivity index (χ2v) is 6.54. The number of ether oxygens (including phenoxy) is 3. The number of amides is 1. The van der Waals surface area contributed by atoms with E-state index in [0.717, 1.165) is 37.2 Å². The largest absolute Gasteiger partial charge is 0.481 e. The van der Waals surface area contributed by atoms with E-state index in [4.69, 9.17) is 19.3 Å². The van der Waals surface area contributed by atoms with Crippen LogP contribution in [0.3, 0.4) is 0 Å². The van der Waals surface area contributed by atoms with Crippen molar-refractivity contribution in [3.8, 4) is 5.75 Å². The highest BCUT2D eigenvalue weighted by Gasteiger charge is 2.15. The zero-order chi connectivity index (χ0) is 18.9. The molecule has 0 spiro atoms. The first-order chi connectivity index (χ1) is 12.5. The Balaban J connectivity index is 1.73. The van der Waals surface area contributed by atoms with Gasteiger partial charge in [-0.1, -0.05) is 0 Å². The van der Waals surface area contributed by atoms with E-state index in [9.17, 15) is 9.59 Å². The summed E-state index contributed by atoms with van der Waals surface area (Å²) in [4.78, 5) is 22.9. The number of aliphatic carboxylic acids is 1. The number of nitrogens with one attached hydrogen (secondary N) is 1.